The van der Waals surface area contributed by atoms with Gasteiger partial charge in [-0.15, -0.1) is 11.8 Å². The number of aryl methyl sites for hydroxylation is 2. The summed E-state index contributed by atoms with van der Waals surface area (Å²) in [4.78, 5) is 42.5. The molecule has 1 N–H and O–H groups in total. The first-order valence-corrected chi connectivity index (χ1v) is 10.5. The molecule has 2 heterocycles. The summed E-state index contributed by atoms with van der Waals surface area (Å²) in [5.41, 5.74) is 1.01. The zero-order valence-corrected chi connectivity index (χ0v) is 17.9. The van der Waals surface area contributed by atoms with Crippen LogP contribution in [0, 0.1) is 0 Å². The molecule has 2 aromatic heterocycles. The van der Waals surface area contributed by atoms with Crippen LogP contribution in [0.15, 0.2) is 44.9 Å². The van der Waals surface area contributed by atoms with E-state index in [4.69, 9.17) is 11.6 Å². The molecular formula is C20H21ClN4O3S. The molecule has 0 aliphatic heterocycles. The molecule has 0 fully saturated rings. The van der Waals surface area contributed by atoms with Gasteiger partial charge in [0.2, 0.25) is 5.91 Å². The van der Waals surface area contributed by atoms with Crippen LogP contribution in [0.25, 0.3) is 11.0 Å². The van der Waals surface area contributed by atoms with E-state index < -0.39 is 11.2 Å². The Labute approximate surface area is 176 Å². The van der Waals surface area contributed by atoms with Crippen LogP contribution < -0.4 is 16.6 Å². The number of nitrogens with one attached hydrogen (secondary N) is 1. The van der Waals surface area contributed by atoms with Gasteiger partial charge >= 0.3 is 5.69 Å². The summed E-state index contributed by atoms with van der Waals surface area (Å²) in [7, 11) is 3.02. The molecule has 0 saturated carbocycles. The van der Waals surface area contributed by atoms with E-state index in [1.54, 1.807) is 37.5 Å². The highest BCUT2D eigenvalue weighted by Crippen LogP contribution is 2.29. The number of halogens is 1. The fraction of sp³-hybridized carbons (Fsp3) is 0.300. The number of anilines is 1. The minimum absolute atomic E-state index is 0.116. The summed E-state index contributed by atoms with van der Waals surface area (Å²) >= 11 is 7.14. The maximum atomic E-state index is 12.8. The molecule has 0 unspecified atom stereocenters. The van der Waals surface area contributed by atoms with Crippen LogP contribution in [0.5, 0.6) is 0 Å². The molecule has 1 aromatic carbocycles. The molecule has 0 bridgehead atoms. The van der Waals surface area contributed by atoms with Crippen molar-refractivity contribution < 1.29 is 4.79 Å². The van der Waals surface area contributed by atoms with E-state index in [2.05, 4.69) is 10.3 Å². The number of carbonyl (C=O) groups is 1. The van der Waals surface area contributed by atoms with Crippen LogP contribution in [-0.2, 0) is 25.3 Å². The van der Waals surface area contributed by atoms with E-state index in [0.29, 0.717) is 26.6 Å². The topological polar surface area (TPSA) is 86.0 Å². The van der Waals surface area contributed by atoms with Crippen molar-refractivity contribution >= 4 is 46.0 Å². The Morgan fingerprint density at radius 3 is 2.52 bits per heavy atom. The van der Waals surface area contributed by atoms with Crippen LogP contribution in [0.3, 0.4) is 0 Å². The van der Waals surface area contributed by atoms with Crippen molar-refractivity contribution in [2.24, 2.45) is 14.1 Å². The Balaban J connectivity index is 1.97. The second-order valence-corrected chi connectivity index (χ2v) is 8.03. The normalized spacial score (nSPS) is 11.0. The monoisotopic (exact) mass is 432 g/mol. The van der Waals surface area contributed by atoms with Crippen LogP contribution in [0.1, 0.15) is 18.9 Å². The van der Waals surface area contributed by atoms with Gasteiger partial charge in [-0.1, -0.05) is 24.9 Å². The third-order valence-electron chi connectivity index (χ3n) is 4.49. The predicted octanol–water partition coefficient (Wildman–Crippen LogP) is 2.97. The minimum atomic E-state index is -0.435. The molecule has 3 rings (SSSR count). The van der Waals surface area contributed by atoms with Gasteiger partial charge in [0.05, 0.1) is 11.1 Å². The summed E-state index contributed by atoms with van der Waals surface area (Å²) in [6, 6.07) is 6.84. The maximum absolute atomic E-state index is 12.8. The number of aromatic nitrogens is 3. The summed E-state index contributed by atoms with van der Waals surface area (Å²) < 4.78 is 2.42. The number of benzene rings is 1. The van der Waals surface area contributed by atoms with Crippen LogP contribution in [0.2, 0.25) is 5.02 Å². The maximum Gasteiger partial charge on any atom is 0.332 e. The first-order chi connectivity index (χ1) is 13.8. The fourth-order valence-electron chi connectivity index (χ4n) is 3.02. The summed E-state index contributed by atoms with van der Waals surface area (Å²) in [6.45, 7) is 2.03. The number of rotatable bonds is 6. The molecule has 7 nitrogen and oxygen atoms in total. The molecule has 3 aromatic rings. The van der Waals surface area contributed by atoms with E-state index in [1.807, 2.05) is 6.92 Å². The number of thioether (sulfide) groups is 1. The molecule has 0 aliphatic rings. The zero-order chi connectivity index (χ0) is 21.1. The van der Waals surface area contributed by atoms with Crippen molar-refractivity contribution in [2.75, 3.05) is 11.1 Å². The smallest absolute Gasteiger partial charge is 0.325 e. The zero-order valence-electron chi connectivity index (χ0n) is 16.4. The first-order valence-electron chi connectivity index (χ1n) is 9.09. The Kier molecular flexibility index (Phi) is 6.44. The summed E-state index contributed by atoms with van der Waals surface area (Å²) in [6.07, 6.45) is 3.27. The van der Waals surface area contributed by atoms with Crippen molar-refractivity contribution in [1.29, 1.82) is 0 Å². The van der Waals surface area contributed by atoms with Crippen LogP contribution in [0.4, 0.5) is 5.69 Å². The van der Waals surface area contributed by atoms with E-state index in [0.717, 1.165) is 23.0 Å². The molecule has 1 amide bonds. The van der Waals surface area contributed by atoms with E-state index in [-0.39, 0.29) is 11.7 Å². The predicted molar refractivity (Wildman–Crippen MR) is 117 cm³/mol. The van der Waals surface area contributed by atoms with Crippen molar-refractivity contribution in [3.8, 4) is 0 Å². The van der Waals surface area contributed by atoms with Gasteiger partial charge in [-0.25, -0.2) is 9.78 Å². The lowest BCUT2D eigenvalue weighted by molar-refractivity contribution is -0.113. The quantitative estimate of drug-likeness (QED) is 0.605. The van der Waals surface area contributed by atoms with Crippen molar-refractivity contribution in [3.05, 3.63) is 61.9 Å². The standard InChI is InChI=1S/C20H21ClN4O3S/c1-4-5-12-10-22-18-16(19(27)25(3)20(28)24(18)2)17(12)29-11-15(26)23-14-8-6-13(21)7-9-14/h6-10H,4-5,11H2,1-3H3,(H,23,26). The largest absolute Gasteiger partial charge is 0.332 e. The van der Waals surface area contributed by atoms with Gasteiger partial charge in [0.25, 0.3) is 5.56 Å². The van der Waals surface area contributed by atoms with Crippen LogP contribution >= 0.6 is 23.4 Å². The lowest BCUT2D eigenvalue weighted by atomic mass is 10.1. The van der Waals surface area contributed by atoms with Gasteiger partial charge in [-0.3, -0.25) is 18.7 Å². The minimum Gasteiger partial charge on any atom is -0.325 e. The number of hydrogen-bond donors (Lipinski definition) is 1. The molecule has 0 saturated heterocycles. The van der Waals surface area contributed by atoms with E-state index in [1.165, 1.54) is 23.4 Å². The molecule has 0 aliphatic carbocycles. The molecule has 0 radical (unpaired) electrons. The molecule has 0 spiro atoms. The summed E-state index contributed by atoms with van der Waals surface area (Å²) in [5, 5.41) is 3.77. The second-order valence-electron chi connectivity index (χ2n) is 6.61. The van der Waals surface area contributed by atoms with Crippen molar-refractivity contribution in [3.63, 3.8) is 0 Å². The van der Waals surface area contributed by atoms with Gasteiger partial charge in [0, 0.05) is 35.9 Å². The molecular weight excluding hydrogens is 412 g/mol. The van der Waals surface area contributed by atoms with Gasteiger partial charge < -0.3 is 5.32 Å². The van der Waals surface area contributed by atoms with Crippen molar-refractivity contribution in [2.45, 2.75) is 24.7 Å². The second kappa shape index (κ2) is 8.84. The highest BCUT2D eigenvalue weighted by atomic mass is 35.5. The fourth-order valence-corrected chi connectivity index (χ4v) is 4.16. The number of nitrogens with zero attached hydrogens (tertiary/aromatic N) is 3. The third kappa shape index (κ3) is 4.38. The highest BCUT2D eigenvalue weighted by Gasteiger charge is 2.18. The number of pyridine rings is 1. The number of carbonyl (C=O) groups excluding carboxylic acids is 1. The highest BCUT2D eigenvalue weighted by molar-refractivity contribution is 8.00. The Hall–Kier alpha value is -2.58. The Bertz CT molecular complexity index is 1190. The Morgan fingerprint density at radius 2 is 1.86 bits per heavy atom. The van der Waals surface area contributed by atoms with Gasteiger partial charge in [0.15, 0.2) is 0 Å². The van der Waals surface area contributed by atoms with Crippen molar-refractivity contribution in [1.82, 2.24) is 14.1 Å². The van der Waals surface area contributed by atoms with Gasteiger partial charge in [-0.05, 0) is 36.2 Å². The number of fused-ring (bicyclic) bond motifs is 1. The molecule has 0 atom stereocenters. The molecule has 29 heavy (non-hydrogen) atoms. The van der Waals surface area contributed by atoms with E-state index in [9.17, 15) is 14.4 Å². The lowest BCUT2D eigenvalue weighted by Gasteiger charge is -2.14. The Morgan fingerprint density at radius 1 is 1.17 bits per heavy atom. The molecule has 152 valence electrons. The van der Waals surface area contributed by atoms with Gasteiger partial charge in [-0.2, -0.15) is 0 Å². The average Bonchev–Trinajstić information content (AvgIpc) is 2.71. The third-order valence-corrected chi connectivity index (χ3v) is 5.90. The average molecular weight is 433 g/mol. The van der Waals surface area contributed by atoms with Crippen LogP contribution in [-0.4, -0.2) is 25.8 Å². The van der Waals surface area contributed by atoms with E-state index >= 15 is 0 Å². The lowest BCUT2D eigenvalue weighted by Crippen LogP contribution is -2.37. The number of hydrogen-bond acceptors (Lipinski definition) is 5. The van der Waals surface area contributed by atoms with Gasteiger partial charge in [0.1, 0.15) is 5.65 Å². The summed E-state index contributed by atoms with van der Waals surface area (Å²) in [5.74, 6) is -0.0869. The first kappa shape index (κ1) is 21.1. The SMILES string of the molecule is CCCc1cnc2c(c1SCC(=O)Nc1ccc(Cl)cc1)c(=O)n(C)c(=O)n2C. The number of amides is 1. The molecule has 9 heteroatoms.